The quantitative estimate of drug-likeness (QED) is 0.249. The second-order valence-electron chi connectivity index (χ2n) is 7.03. The Morgan fingerprint density at radius 1 is 1.12 bits per heavy atom. The number of benzene rings is 2. The van der Waals surface area contributed by atoms with Crippen molar-refractivity contribution in [3.05, 3.63) is 70.3 Å². The van der Waals surface area contributed by atoms with Crippen LogP contribution in [-0.2, 0) is 11.3 Å². The minimum absolute atomic E-state index is 0.0214. The molecule has 1 N–H and O–H groups in total. The number of amides is 1. The lowest BCUT2D eigenvalue weighted by Crippen LogP contribution is -2.24. The average Bonchev–Trinajstić information content (AvgIpc) is 3.47. The van der Waals surface area contributed by atoms with Crippen LogP contribution in [0.25, 0.3) is 16.9 Å². The highest BCUT2D eigenvalue weighted by Crippen LogP contribution is 2.32. The van der Waals surface area contributed by atoms with E-state index in [4.69, 9.17) is 9.47 Å². The fourth-order valence-corrected chi connectivity index (χ4v) is 3.94. The van der Waals surface area contributed by atoms with Crippen LogP contribution in [0.5, 0.6) is 11.5 Å². The Labute approximate surface area is 190 Å². The van der Waals surface area contributed by atoms with Crippen LogP contribution in [0.3, 0.4) is 0 Å². The van der Waals surface area contributed by atoms with E-state index in [2.05, 4.69) is 20.6 Å². The fraction of sp³-hybridized carbons (Fsp3) is 0.143. The zero-order chi connectivity index (χ0) is 22.8. The van der Waals surface area contributed by atoms with E-state index in [1.54, 1.807) is 24.3 Å². The number of non-ortho nitro benzene ring substituents is 1. The van der Waals surface area contributed by atoms with Crippen molar-refractivity contribution in [2.45, 2.75) is 11.7 Å². The van der Waals surface area contributed by atoms with E-state index in [0.29, 0.717) is 40.1 Å². The SMILES string of the molecule is O=C(CSc1nnc2ccc(-c3cccc([N+](=O)[O-])c3)nn12)NCc1ccc2c(c1)OCO2. The lowest BCUT2D eigenvalue weighted by atomic mass is 10.1. The standard InChI is InChI=1S/C21H16N6O5S/c28-20(22-10-13-4-6-17-18(8-13)32-12-31-17)11-33-21-24-23-19-7-5-16(25-26(19)21)14-2-1-3-15(9-14)27(29)30/h1-9H,10-12H2,(H,22,28). The lowest BCUT2D eigenvalue weighted by molar-refractivity contribution is -0.384. The number of rotatable bonds is 7. The maximum Gasteiger partial charge on any atom is 0.270 e. The first-order valence-electron chi connectivity index (χ1n) is 9.82. The Morgan fingerprint density at radius 2 is 2.00 bits per heavy atom. The van der Waals surface area contributed by atoms with Crippen LogP contribution in [0.2, 0.25) is 0 Å². The Bertz CT molecular complexity index is 1370. The highest BCUT2D eigenvalue weighted by atomic mass is 32.2. The first-order chi connectivity index (χ1) is 16.1. The first kappa shape index (κ1) is 20.7. The smallest absolute Gasteiger partial charge is 0.270 e. The van der Waals surface area contributed by atoms with Crippen LogP contribution in [0.1, 0.15) is 5.56 Å². The van der Waals surface area contributed by atoms with E-state index in [1.807, 2.05) is 18.2 Å². The molecule has 0 saturated heterocycles. The summed E-state index contributed by atoms with van der Waals surface area (Å²) in [5.41, 5.74) is 2.51. The summed E-state index contributed by atoms with van der Waals surface area (Å²) < 4.78 is 12.1. The van der Waals surface area contributed by atoms with Crippen molar-refractivity contribution in [3.63, 3.8) is 0 Å². The molecule has 1 amide bonds. The molecule has 2 aromatic heterocycles. The second-order valence-corrected chi connectivity index (χ2v) is 7.97. The molecule has 3 heterocycles. The van der Waals surface area contributed by atoms with Crippen molar-refractivity contribution in [1.82, 2.24) is 25.1 Å². The van der Waals surface area contributed by atoms with Gasteiger partial charge in [0.15, 0.2) is 17.1 Å². The molecule has 1 aliphatic heterocycles. The van der Waals surface area contributed by atoms with E-state index in [9.17, 15) is 14.9 Å². The van der Waals surface area contributed by atoms with Gasteiger partial charge in [-0.05, 0) is 29.8 Å². The molecular formula is C21H16N6O5S. The summed E-state index contributed by atoms with van der Waals surface area (Å²) in [6, 6.07) is 15.2. The Balaban J connectivity index is 1.25. The number of carbonyl (C=O) groups is 1. The van der Waals surface area contributed by atoms with E-state index >= 15 is 0 Å². The van der Waals surface area contributed by atoms with Crippen LogP contribution >= 0.6 is 11.8 Å². The molecule has 0 radical (unpaired) electrons. The molecule has 33 heavy (non-hydrogen) atoms. The van der Waals surface area contributed by atoms with Gasteiger partial charge in [0.05, 0.1) is 16.4 Å². The van der Waals surface area contributed by atoms with Crippen molar-refractivity contribution in [2.24, 2.45) is 0 Å². The number of nitrogens with one attached hydrogen (secondary N) is 1. The second kappa shape index (κ2) is 8.74. The summed E-state index contributed by atoms with van der Waals surface area (Å²) in [6.07, 6.45) is 0. The molecule has 1 aliphatic rings. The number of ether oxygens (including phenoxy) is 2. The summed E-state index contributed by atoms with van der Waals surface area (Å²) in [6.45, 7) is 0.552. The highest BCUT2D eigenvalue weighted by molar-refractivity contribution is 7.99. The van der Waals surface area contributed by atoms with Crippen LogP contribution in [0, 0.1) is 10.1 Å². The number of thioether (sulfide) groups is 1. The average molecular weight is 464 g/mol. The minimum atomic E-state index is -0.454. The predicted octanol–water partition coefficient (Wildman–Crippen LogP) is 2.84. The number of hydrogen-bond acceptors (Lipinski definition) is 9. The Hall–Kier alpha value is -4.19. The van der Waals surface area contributed by atoms with Crippen molar-refractivity contribution in [3.8, 4) is 22.8 Å². The summed E-state index contributed by atoms with van der Waals surface area (Å²) in [7, 11) is 0. The monoisotopic (exact) mass is 464 g/mol. The van der Waals surface area contributed by atoms with Crippen LogP contribution in [0.4, 0.5) is 5.69 Å². The summed E-state index contributed by atoms with van der Waals surface area (Å²) in [5, 5.41) is 27.0. The molecule has 5 rings (SSSR count). The highest BCUT2D eigenvalue weighted by Gasteiger charge is 2.15. The van der Waals surface area contributed by atoms with Crippen LogP contribution in [0.15, 0.2) is 59.8 Å². The largest absolute Gasteiger partial charge is 0.454 e. The van der Waals surface area contributed by atoms with Crippen molar-refractivity contribution in [2.75, 3.05) is 12.5 Å². The van der Waals surface area contributed by atoms with Gasteiger partial charge >= 0.3 is 0 Å². The normalized spacial score (nSPS) is 12.1. The molecule has 0 spiro atoms. The zero-order valence-corrected chi connectivity index (χ0v) is 17.8. The third-order valence-corrected chi connectivity index (χ3v) is 5.77. The molecule has 166 valence electrons. The molecule has 0 atom stereocenters. The molecule has 4 aromatic rings. The van der Waals surface area contributed by atoms with Crippen molar-refractivity contribution in [1.29, 1.82) is 0 Å². The van der Waals surface area contributed by atoms with E-state index in [0.717, 1.165) is 5.56 Å². The Morgan fingerprint density at radius 3 is 2.88 bits per heavy atom. The summed E-state index contributed by atoms with van der Waals surface area (Å²) in [4.78, 5) is 22.9. The minimum Gasteiger partial charge on any atom is -0.454 e. The number of fused-ring (bicyclic) bond motifs is 2. The number of hydrogen-bond donors (Lipinski definition) is 1. The maximum atomic E-state index is 12.3. The Kier molecular flexibility index (Phi) is 5.48. The maximum absolute atomic E-state index is 12.3. The fourth-order valence-electron chi connectivity index (χ4n) is 3.22. The number of nitro benzene ring substituents is 1. The van der Waals surface area contributed by atoms with Gasteiger partial charge in [-0.3, -0.25) is 14.9 Å². The van der Waals surface area contributed by atoms with Gasteiger partial charge < -0.3 is 14.8 Å². The van der Waals surface area contributed by atoms with E-state index in [-0.39, 0.29) is 24.1 Å². The first-order valence-corrected chi connectivity index (χ1v) is 10.8. The number of aromatic nitrogens is 4. The zero-order valence-electron chi connectivity index (χ0n) is 17.0. The van der Waals surface area contributed by atoms with Gasteiger partial charge in [-0.15, -0.1) is 10.2 Å². The molecule has 0 bridgehead atoms. The number of nitro groups is 1. The predicted molar refractivity (Wildman–Crippen MR) is 118 cm³/mol. The van der Waals surface area contributed by atoms with Gasteiger partial charge in [-0.2, -0.15) is 9.61 Å². The van der Waals surface area contributed by atoms with Crippen LogP contribution < -0.4 is 14.8 Å². The number of carbonyl (C=O) groups excluding carboxylic acids is 1. The third-order valence-electron chi connectivity index (χ3n) is 4.85. The van der Waals surface area contributed by atoms with Crippen molar-refractivity contribution >= 4 is 29.0 Å². The van der Waals surface area contributed by atoms with Gasteiger partial charge in [0.25, 0.3) is 5.69 Å². The third kappa shape index (κ3) is 4.41. The van der Waals surface area contributed by atoms with E-state index < -0.39 is 4.92 Å². The van der Waals surface area contributed by atoms with Gasteiger partial charge in [0, 0.05) is 24.2 Å². The summed E-state index contributed by atoms with van der Waals surface area (Å²) in [5.74, 6) is 1.30. The van der Waals surface area contributed by atoms with Gasteiger partial charge in [0.1, 0.15) is 0 Å². The molecule has 0 aliphatic carbocycles. The number of nitrogens with zero attached hydrogens (tertiary/aromatic N) is 5. The topological polar surface area (TPSA) is 134 Å². The molecule has 0 saturated carbocycles. The molecule has 0 unspecified atom stereocenters. The lowest BCUT2D eigenvalue weighted by Gasteiger charge is -2.06. The van der Waals surface area contributed by atoms with Gasteiger partial charge in [-0.1, -0.05) is 30.0 Å². The van der Waals surface area contributed by atoms with E-state index in [1.165, 1.54) is 28.4 Å². The molecule has 2 aromatic carbocycles. The van der Waals surface area contributed by atoms with Gasteiger partial charge in [0.2, 0.25) is 17.9 Å². The molecule has 12 heteroatoms. The summed E-state index contributed by atoms with van der Waals surface area (Å²) >= 11 is 1.19. The van der Waals surface area contributed by atoms with Gasteiger partial charge in [-0.25, -0.2) is 0 Å². The van der Waals surface area contributed by atoms with Crippen molar-refractivity contribution < 1.29 is 19.2 Å². The molecular weight excluding hydrogens is 448 g/mol. The van der Waals surface area contributed by atoms with Crippen LogP contribution in [-0.4, -0.2) is 43.2 Å². The molecule has 0 fully saturated rings. The molecule has 11 nitrogen and oxygen atoms in total.